The molecule has 59 heavy (non-hydrogen) atoms. The second-order valence-electron chi connectivity index (χ2n) is 16.0. The average Bonchev–Trinajstić information content (AvgIpc) is 3.79. The number of piperazine rings is 2. The Bertz CT molecular complexity index is 2530. The van der Waals surface area contributed by atoms with Crippen LogP contribution in [0.4, 0.5) is 11.6 Å². The number of nitrogens with zero attached hydrogens (tertiary/aromatic N) is 14. The number of likely N-dealkylation sites (N-methyl/N-ethyl adjacent to an activating group) is 2. The quantitative estimate of drug-likeness (QED) is 0.174. The first kappa shape index (κ1) is 40.3. The normalized spacial score (nSPS) is 15.9. The van der Waals surface area contributed by atoms with Crippen LogP contribution in [0.2, 0.25) is 5.15 Å². The molecular weight excluding hydrogens is 762 g/mol. The summed E-state index contributed by atoms with van der Waals surface area (Å²) >= 11 is 6.03. The van der Waals surface area contributed by atoms with Gasteiger partial charge in [-0.25, -0.2) is 9.97 Å². The maximum Gasteiger partial charge on any atom is 0.154 e. The largest absolute Gasteiger partial charge is 0.323 e. The molecule has 9 rings (SSSR count). The van der Waals surface area contributed by atoms with Crippen molar-refractivity contribution in [3.8, 4) is 22.3 Å². The van der Waals surface area contributed by atoms with Gasteiger partial charge in [0.1, 0.15) is 11.0 Å². The first-order chi connectivity index (χ1) is 28.5. The lowest BCUT2D eigenvalue weighted by Gasteiger charge is -2.32. The number of anilines is 2. The van der Waals surface area contributed by atoms with Crippen LogP contribution in [0.15, 0.2) is 73.4 Å². The highest BCUT2D eigenvalue weighted by molar-refractivity contribution is 6.29. The Morgan fingerprint density at radius 2 is 1.14 bits per heavy atom. The predicted molar refractivity (Wildman–Crippen MR) is 233 cm³/mol. The van der Waals surface area contributed by atoms with E-state index in [0.717, 1.165) is 127 Å². The van der Waals surface area contributed by atoms with Crippen LogP contribution in [0.25, 0.3) is 44.3 Å². The molecule has 2 fully saturated rings. The van der Waals surface area contributed by atoms with Gasteiger partial charge in [0.15, 0.2) is 5.82 Å². The molecule has 0 bridgehead atoms. The van der Waals surface area contributed by atoms with E-state index in [1.165, 1.54) is 0 Å². The van der Waals surface area contributed by atoms with Crippen LogP contribution < -0.4 is 5.32 Å². The fraction of sp³-hybridized carbons (Fsp3) is 0.395. The van der Waals surface area contributed by atoms with E-state index in [2.05, 4.69) is 102 Å². The number of aryl methyl sites for hydroxylation is 2. The first-order valence-electron chi connectivity index (χ1n) is 20.2. The molecule has 0 atom stereocenters. The number of aromatic nitrogens is 10. The molecule has 7 aromatic heterocycles. The molecule has 0 saturated carbocycles. The minimum atomic E-state index is 0.381. The van der Waals surface area contributed by atoms with Crippen LogP contribution in [0.3, 0.4) is 0 Å². The van der Waals surface area contributed by atoms with E-state index in [1.54, 1.807) is 12.3 Å². The molecule has 16 heteroatoms. The van der Waals surface area contributed by atoms with Gasteiger partial charge in [0.05, 0.1) is 39.7 Å². The molecule has 0 amide bonds. The van der Waals surface area contributed by atoms with Crippen molar-refractivity contribution >= 4 is 45.3 Å². The number of halogens is 1. The zero-order chi connectivity index (χ0) is 41.0. The smallest absolute Gasteiger partial charge is 0.154 e. The summed E-state index contributed by atoms with van der Waals surface area (Å²) in [6.45, 7) is 14.6. The molecule has 7 aromatic rings. The van der Waals surface area contributed by atoms with E-state index in [4.69, 9.17) is 21.7 Å². The molecule has 306 valence electrons. The highest BCUT2D eigenvalue weighted by Crippen LogP contribution is 2.29. The van der Waals surface area contributed by atoms with Crippen molar-refractivity contribution < 1.29 is 0 Å². The fourth-order valence-corrected chi connectivity index (χ4v) is 7.62. The van der Waals surface area contributed by atoms with Crippen LogP contribution >= 0.6 is 11.6 Å². The zero-order valence-electron chi connectivity index (χ0n) is 34.7. The number of pyridine rings is 4. The highest BCUT2D eigenvalue weighted by Gasteiger charge is 2.20. The van der Waals surface area contributed by atoms with Crippen LogP contribution in [0, 0.1) is 0 Å². The van der Waals surface area contributed by atoms with Crippen molar-refractivity contribution in [2.45, 2.75) is 32.9 Å². The topological polar surface area (TPSA) is 138 Å². The van der Waals surface area contributed by atoms with E-state index >= 15 is 0 Å². The van der Waals surface area contributed by atoms with Crippen molar-refractivity contribution in [1.82, 2.24) is 69.3 Å². The molecule has 0 aromatic carbocycles. The number of hydrogen-bond acceptors (Lipinski definition) is 13. The summed E-state index contributed by atoms with van der Waals surface area (Å²) in [5.41, 5.74) is 10.9. The number of hydrogen-bond donors (Lipinski definition) is 1. The van der Waals surface area contributed by atoms with Crippen molar-refractivity contribution in [3.05, 3.63) is 95.6 Å². The third kappa shape index (κ3) is 9.89. The highest BCUT2D eigenvalue weighted by atomic mass is 35.5. The standard InChI is InChI=1S/C25H31N9.C18H21ClN6/c1-17(2)18-12-25(30-27-14-18)29-24-6-5-21-22(28-24)11-19(13-26-21)20-15-33(4)31-23(20)16-34-9-7-32(3)8-10-34;1-23-5-7-25(8-6-23)12-17-14(11-24(2)22-17)13-9-16-15(20-10-13)3-4-18(19)21-16/h5-6,11-15,17H,7-10,16H2,1-4H3,(H,28,29,30);3-4,9-11H,5-8,12H2,1-2H3. The molecule has 0 unspecified atom stereocenters. The summed E-state index contributed by atoms with van der Waals surface area (Å²) in [6, 6.07) is 13.7. The fourth-order valence-electron chi connectivity index (χ4n) is 7.46. The molecule has 0 radical (unpaired) electrons. The van der Waals surface area contributed by atoms with Gasteiger partial charge in [0.25, 0.3) is 0 Å². The zero-order valence-corrected chi connectivity index (χ0v) is 35.5. The van der Waals surface area contributed by atoms with E-state index < -0.39 is 0 Å². The van der Waals surface area contributed by atoms with E-state index in [1.807, 2.05) is 66.2 Å². The van der Waals surface area contributed by atoms with Gasteiger partial charge in [0.2, 0.25) is 0 Å². The Balaban J connectivity index is 0.000000172. The van der Waals surface area contributed by atoms with Gasteiger partial charge < -0.3 is 15.1 Å². The number of fused-ring (bicyclic) bond motifs is 2. The summed E-state index contributed by atoms with van der Waals surface area (Å²) in [7, 11) is 8.27. The minimum absolute atomic E-state index is 0.381. The average molecular weight is 814 g/mol. The molecular formula is C43H52ClN15. The van der Waals surface area contributed by atoms with E-state index in [0.29, 0.717) is 22.7 Å². The monoisotopic (exact) mass is 813 g/mol. The molecule has 0 aliphatic carbocycles. The molecule has 0 spiro atoms. The van der Waals surface area contributed by atoms with Crippen molar-refractivity contribution in [1.29, 1.82) is 0 Å². The van der Waals surface area contributed by atoms with Crippen molar-refractivity contribution in [2.75, 3.05) is 71.8 Å². The second-order valence-corrected chi connectivity index (χ2v) is 16.4. The molecule has 2 aliphatic heterocycles. The number of nitrogens with one attached hydrogen (secondary N) is 1. The summed E-state index contributed by atoms with van der Waals surface area (Å²) in [4.78, 5) is 28.0. The molecule has 15 nitrogen and oxygen atoms in total. The molecule has 2 saturated heterocycles. The Morgan fingerprint density at radius 1 is 0.610 bits per heavy atom. The Kier molecular flexibility index (Phi) is 12.2. The van der Waals surface area contributed by atoms with E-state index in [9.17, 15) is 0 Å². The van der Waals surface area contributed by atoms with Crippen LogP contribution in [-0.2, 0) is 27.2 Å². The lowest BCUT2D eigenvalue weighted by molar-refractivity contribution is 0.147. The van der Waals surface area contributed by atoms with Crippen molar-refractivity contribution in [3.63, 3.8) is 0 Å². The van der Waals surface area contributed by atoms with Gasteiger partial charge in [-0.05, 0) is 68.0 Å². The summed E-state index contributed by atoms with van der Waals surface area (Å²) in [5, 5.41) is 21.5. The summed E-state index contributed by atoms with van der Waals surface area (Å²) in [6.07, 6.45) is 9.73. The predicted octanol–water partition coefficient (Wildman–Crippen LogP) is 5.87. The van der Waals surface area contributed by atoms with Crippen LogP contribution in [0.5, 0.6) is 0 Å². The van der Waals surface area contributed by atoms with E-state index in [-0.39, 0.29) is 0 Å². The van der Waals surface area contributed by atoms with Crippen LogP contribution in [0.1, 0.15) is 36.7 Å². The van der Waals surface area contributed by atoms with Crippen LogP contribution in [-0.4, -0.2) is 136 Å². The van der Waals surface area contributed by atoms with Gasteiger partial charge in [-0.15, -0.1) is 5.10 Å². The van der Waals surface area contributed by atoms with Gasteiger partial charge in [-0.1, -0.05) is 25.4 Å². The van der Waals surface area contributed by atoms with Gasteiger partial charge in [-0.2, -0.15) is 15.3 Å². The molecule has 2 aliphatic rings. The minimum Gasteiger partial charge on any atom is -0.323 e. The lowest BCUT2D eigenvalue weighted by Crippen LogP contribution is -2.44. The maximum atomic E-state index is 6.03. The second kappa shape index (κ2) is 17.8. The third-order valence-corrected chi connectivity index (χ3v) is 11.2. The number of rotatable bonds is 9. The molecule has 1 N–H and O–H groups in total. The van der Waals surface area contributed by atoms with Gasteiger partial charge >= 0.3 is 0 Å². The Morgan fingerprint density at radius 3 is 1.68 bits per heavy atom. The molecule has 9 heterocycles. The SMILES string of the molecule is CC(C)c1cnnc(Nc2ccc3ncc(-c4cn(C)nc4CN4CCN(C)CC4)cc3n2)c1.CN1CCN(Cc2nn(C)cc2-c2cnc3ccc(Cl)nc3c2)CC1. The Hall–Kier alpha value is -5.45. The first-order valence-corrected chi connectivity index (χ1v) is 20.6. The summed E-state index contributed by atoms with van der Waals surface area (Å²) < 4.78 is 3.76. The van der Waals surface area contributed by atoms with Crippen molar-refractivity contribution in [2.24, 2.45) is 14.1 Å². The van der Waals surface area contributed by atoms with Gasteiger partial charge in [0, 0.05) is 127 Å². The lowest BCUT2D eigenvalue weighted by atomic mass is 10.1. The maximum absolute atomic E-state index is 6.03. The summed E-state index contributed by atoms with van der Waals surface area (Å²) in [5.74, 6) is 1.78. The Labute approximate surface area is 350 Å². The van der Waals surface area contributed by atoms with Gasteiger partial charge in [-0.3, -0.25) is 29.1 Å². The third-order valence-electron chi connectivity index (χ3n) is 11.0.